The highest BCUT2D eigenvalue weighted by atomic mass is 32.1. The molecule has 1 aliphatic rings. The first-order valence-electron chi connectivity index (χ1n) is 7.60. The monoisotopic (exact) mass is 311 g/mol. The number of amides is 2. The molecule has 1 aromatic rings. The van der Waals surface area contributed by atoms with Gasteiger partial charge in [0, 0.05) is 35.4 Å². The van der Waals surface area contributed by atoms with Gasteiger partial charge in [0.1, 0.15) is 0 Å². The molecule has 0 spiro atoms. The van der Waals surface area contributed by atoms with Gasteiger partial charge in [-0.1, -0.05) is 6.92 Å². The van der Waals surface area contributed by atoms with E-state index in [4.69, 9.17) is 4.74 Å². The van der Waals surface area contributed by atoms with Gasteiger partial charge in [0.2, 0.25) is 0 Å². The number of urea groups is 1. The van der Waals surface area contributed by atoms with Crippen molar-refractivity contribution in [3.05, 3.63) is 21.9 Å². The molecular weight excluding hydrogens is 286 g/mol. The van der Waals surface area contributed by atoms with Crippen LogP contribution < -0.4 is 10.6 Å². The molecule has 118 valence electrons. The Morgan fingerprint density at radius 3 is 2.71 bits per heavy atom. The molecule has 2 rings (SSSR count). The third kappa shape index (κ3) is 5.30. The number of hydrogen-bond acceptors (Lipinski definition) is 4. The number of aryl methyl sites for hydroxylation is 1. The normalized spacial score (nSPS) is 17.4. The van der Waals surface area contributed by atoms with Gasteiger partial charge in [-0.15, -0.1) is 11.3 Å². The lowest BCUT2D eigenvalue weighted by Crippen LogP contribution is -2.48. The smallest absolute Gasteiger partial charge is 0.315 e. The molecule has 5 nitrogen and oxygen atoms in total. The van der Waals surface area contributed by atoms with E-state index in [1.807, 2.05) is 0 Å². The molecule has 0 aromatic carbocycles. The summed E-state index contributed by atoms with van der Waals surface area (Å²) in [5.41, 5.74) is 0. The highest BCUT2D eigenvalue weighted by molar-refractivity contribution is 7.11. The molecule has 2 heterocycles. The summed E-state index contributed by atoms with van der Waals surface area (Å²) in [4.78, 5) is 16.7. The molecule has 1 aliphatic heterocycles. The lowest BCUT2D eigenvalue weighted by atomic mass is 10.2. The maximum atomic E-state index is 11.8. The van der Waals surface area contributed by atoms with E-state index >= 15 is 0 Å². The van der Waals surface area contributed by atoms with Crippen molar-refractivity contribution in [3.8, 4) is 0 Å². The number of thiophene rings is 1. The minimum Gasteiger partial charge on any atom is -0.379 e. The van der Waals surface area contributed by atoms with E-state index < -0.39 is 0 Å². The Bertz CT molecular complexity index is 444. The first-order valence-corrected chi connectivity index (χ1v) is 8.41. The van der Waals surface area contributed by atoms with E-state index in [0.29, 0.717) is 19.1 Å². The summed E-state index contributed by atoms with van der Waals surface area (Å²) in [6, 6.07) is 4.45. The van der Waals surface area contributed by atoms with E-state index in [1.165, 1.54) is 9.75 Å². The fourth-order valence-corrected chi connectivity index (χ4v) is 3.22. The van der Waals surface area contributed by atoms with Crippen LogP contribution in [0.2, 0.25) is 0 Å². The molecule has 1 fully saturated rings. The predicted octanol–water partition coefficient (Wildman–Crippen LogP) is 1.83. The molecule has 2 amide bonds. The summed E-state index contributed by atoms with van der Waals surface area (Å²) in [6.45, 7) is 9.00. The van der Waals surface area contributed by atoms with Gasteiger partial charge in [0.25, 0.3) is 0 Å². The van der Waals surface area contributed by atoms with Gasteiger partial charge in [-0.25, -0.2) is 4.79 Å². The molecule has 1 saturated heterocycles. The molecule has 6 heteroatoms. The zero-order chi connectivity index (χ0) is 15.1. The highest BCUT2D eigenvalue weighted by Crippen LogP contribution is 2.16. The Balaban J connectivity index is 1.64. The van der Waals surface area contributed by atoms with Gasteiger partial charge < -0.3 is 15.4 Å². The van der Waals surface area contributed by atoms with E-state index in [1.54, 1.807) is 11.3 Å². The molecule has 21 heavy (non-hydrogen) atoms. The van der Waals surface area contributed by atoms with Crippen LogP contribution in [0.3, 0.4) is 0 Å². The van der Waals surface area contributed by atoms with Crippen LogP contribution in [0.4, 0.5) is 4.79 Å². The molecule has 0 aliphatic carbocycles. The van der Waals surface area contributed by atoms with E-state index in [0.717, 1.165) is 32.7 Å². The lowest BCUT2D eigenvalue weighted by molar-refractivity contribution is 0.0209. The summed E-state index contributed by atoms with van der Waals surface area (Å²) < 4.78 is 5.33. The summed E-state index contributed by atoms with van der Waals surface area (Å²) in [5, 5.41) is 5.85. The van der Waals surface area contributed by atoms with Gasteiger partial charge in [-0.05, 0) is 25.5 Å². The number of hydrogen-bond donors (Lipinski definition) is 2. The fourth-order valence-electron chi connectivity index (χ4n) is 2.32. The first kappa shape index (κ1) is 16.3. The Morgan fingerprint density at radius 1 is 1.33 bits per heavy atom. The van der Waals surface area contributed by atoms with Crippen LogP contribution in [0, 0.1) is 0 Å². The third-order valence-corrected chi connectivity index (χ3v) is 4.95. The summed E-state index contributed by atoms with van der Waals surface area (Å²) in [5.74, 6) is 0. The van der Waals surface area contributed by atoms with Gasteiger partial charge in [0.15, 0.2) is 0 Å². The predicted molar refractivity (Wildman–Crippen MR) is 85.8 cm³/mol. The van der Waals surface area contributed by atoms with Gasteiger partial charge in [-0.2, -0.15) is 0 Å². The molecule has 1 aromatic heterocycles. The number of carbonyl (C=O) groups is 1. The van der Waals surface area contributed by atoms with Crippen LogP contribution in [0.5, 0.6) is 0 Å². The standard InChI is InChI=1S/C15H25N3O2S/c1-3-13-4-5-14(21-13)11-17-15(19)16-10-12(2)18-6-8-20-9-7-18/h4-5,12H,3,6-11H2,1-2H3,(H2,16,17,19). The molecule has 1 atom stereocenters. The molecule has 1 unspecified atom stereocenters. The number of rotatable bonds is 6. The Labute approximate surface area is 130 Å². The summed E-state index contributed by atoms with van der Waals surface area (Å²) in [7, 11) is 0. The van der Waals surface area contributed by atoms with Gasteiger partial charge in [0.05, 0.1) is 19.8 Å². The van der Waals surface area contributed by atoms with Crippen LogP contribution in [0.15, 0.2) is 12.1 Å². The fraction of sp³-hybridized carbons (Fsp3) is 0.667. The molecule has 0 bridgehead atoms. The number of nitrogens with zero attached hydrogens (tertiary/aromatic N) is 1. The maximum absolute atomic E-state index is 11.8. The second kappa shape index (κ2) is 8.36. The number of ether oxygens (including phenoxy) is 1. The van der Waals surface area contributed by atoms with Crippen LogP contribution in [-0.2, 0) is 17.7 Å². The average molecular weight is 311 g/mol. The van der Waals surface area contributed by atoms with Gasteiger partial charge in [-0.3, -0.25) is 4.90 Å². The van der Waals surface area contributed by atoms with E-state index in [2.05, 4.69) is 41.5 Å². The Kier molecular flexibility index (Phi) is 6.48. The molecule has 0 saturated carbocycles. The summed E-state index contributed by atoms with van der Waals surface area (Å²) >= 11 is 1.76. The van der Waals surface area contributed by atoms with Crippen molar-refractivity contribution in [3.63, 3.8) is 0 Å². The highest BCUT2D eigenvalue weighted by Gasteiger charge is 2.17. The first-order chi connectivity index (χ1) is 10.2. The van der Waals surface area contributed by atoms with Crippen molar-refractivity contribution in [1.29, 1.82) is 0 Å². The Morgan fingerprint density at radius 2 is 2.05 bits per heavy atom. The third-order valence-electron chi connectivity index (χ3n) is 3.72. The molecular formula is C15H25N3O2S. The lowest BCUT2D eigenvalue weighted by Gasteiger charge is -2.32. The van der Waals surface area contributed by atoms with Crippen molar-refractivity contribution in [2.45, 2.75) is 32.9 Å². The average Bonchev–Trinajstić information content (AvgIpc) is 2.99. The molecule has 0 radical (unpaired) electrons. The quantitative estimate of drug-likeness (QED) is 0.843. The maximum Gasteiger partial charge on any atom is 0.315 e. The van der Waals surface area contributed by atoms with Crippen LogP contribution in [0.1, 0.15) is 23.6 Å². The minimum atomic E-state index is -0.0958. The number of nitrogens with one attached hydrogen (secondary N) is 2. The van der Waals surface area contributed by atoms with Crippen LogP contribution in [-0.4, -0.2) is 49.8 Å². The van der Waals surface area contributed by atoms with Crippen molar-refractivity contribution in [2.24, 2.45) is 0 Å². The minimum absolute atomic E-state index is 0.0958. The molecule has 2 N–H and O–H groups in total. The van der Waals surface area contributed by atoms with E-state index in [9.17, 15) is 4.79 Å². The van der Waals surface area contributed by atoms with Crippen LogP contribution >= 0.6 is 11.3 Å². The zero-order valence-electron chi connectivity index (χ0n) is 12.9. The Hall–Kier alpha value is -1.11. The van der Waals surface area contributed by atoms with Gasteiger partial charge >= 0.3 is 6.03 Å². The van der Waals surface area contributed by atoms with Crippen molar-refractivity contribution >= 4 is 17.4 Å². The second-order valence-electron chi connectivity index (χ2n) is 5.28. The van der Waals surface area contributed by atoms with Crippen molar-refractivity contribution in [1.82, 2.24) is 15.5 Å². The van der Waals surface area contributed by atoms with Crippen LogP contribution in [0.25, 0.3) is 0 Å². The number of morpholine rings is 1. The van der Waals surface area contributed by atoms with E-state index in [-0.39, 0.29) is 6.03 Å². The topological polar surface area (TPSA) is 53.6 Å². The zero-order valence-corrected chi connectivity index (χ0v) is 13.7. The SMILES string of the molecule is CCc1ccc(CNC(=O)NCC(C)N2CCOCC2)s1. The summed E-state index contributed by atoms with van der Waals surface area (Å²) in [6.07, 6.45) is 1.05. The van der Waals surface area contributed by atoms with Crippen molar-refractivity contribution in [2.75, 3.05) is 32.8 Å². The number of carbonyl (C=O) groups excluding carboxylic acids is 1. The second-order valence-corrected chi connectivity index (χ2v) is 6.54. The van der Waals surface area contributed by atoms with Crippen molar-refractivity contribution < 1.29 is 9.53 Å². The largest absolute Gasteiger partial charge is 0.379 e.